The lowest BCUT2D eigenvalue weighted by Gasteiger charge is -2.23. The van der Waals surface area contributed by atoms with Crippen molar-refractivity contribution in [2.24, 2.45) is 0 Å². The molecule has 1 spiro atoms. The van der Waals surface area contributed by atoms with Gasteiger partial charge in [0.1, 0.15) is 5.54 Å². The molecule has 0 aromatic rings. The van der Waals surface area contributed by atoms with Crippen LogP contribution in [0, 0.1) is 0 Å². The summed E-state index contributed by atoms with van der Waals surface area (Å²) in [7, 11) is 1.66. The number of nitrogens with zero attached hydrogens (tertiary/aromatic N) is 2. The highest BCUT2D eigenvalue weighted by Crippen LogP contribution is 2.29. The quantitative estimate of drug-likeness (QED) is 0.720. The Hall–Kier alpha value is -1.14. The Kier molecular flexibility index (Phi) is 3.59. The smallest absolute Gasteiger partial charge is 0.325 e. The van der Waals surface area contributed by atoms with Crippen LogP contribution < -0.4 is 5.32 Å². The number of urea groups is 1. The first-order valence-electron chi connectivity index (χ1n) is 6.37. The summed E-state index contributed by atoms with van der Waals surface area (Å²) in [6, 6.07) is -0.353. The molecule has 6 heteroatoms. The molecule has 0 aliphatic carbocycles. The van der Waals surface area contributed by atoms with Crippen LogP contribution in [0.3, 0.4) is 0 Å². The lowest BCUT2D eigenvalue weighted by Crippen LogP contribution is -2.49. The van der Waals surface area contributed by atoms with Gasteiger partial charge >= 0.3 is 6.03 Å². The summed E-state index contributed by atoms with van der Waals surface area (Å²) in [6.07, 6.45) is 0.685. The third-order valence-electron chi connectivity index (χ3n) is 3.67. The predicted octanol–water partition coefficient (Wildman–Crippen LogP) is 0.0375. The van der Waals surface area contributed by atoms with Crippen LogP contribution in [0.5, 0.6) is 0 Å². The second kappa shape index (κ2) is 4.85. The van der Waals surface area contributed by atoms with Crippen molar-refractivity contribution in [2.75, 3.05) is 33.4 Å². The molecule has 2 rings (SSSR count). The molecule has 2 saturated heterocycles. The number of likely N-dealkylation sites (tertiary alicyclic amines) is 1. The number of nitrogens with one attached hydrogen (secondary N) is 1. The van der Waals surface area contributed by atoms with Gasteiger partial charge in [-0.15, -0.1) is 0 Å². The van der Waals surface area contributed by atoms with Crippen molar-refractivity contribution in [3.63, 3.8) is 0 Å². The van der Waals surface area contributed by atoms with Crippen molar-refractivity contribution in [3.05, 3.63) is 0 Å². The molecule has 0 aromatic heterocycles. The van der Waals surface area contributed by atoms with Crippen LogP contribution in [-0.4, -0.2) is 66.7 Å². The van der Waals surface area contributed by atoms with E-state index in [1.807, 2.05) is 13.8 Å². The van der Waals surface area contributed by atoms with Gasteiger partial charge in [-0.05, 0) is 20.3 Å². The standard InChI is InChI=1S/C12H21N3O3/c1-9(2)15-10(16)12(13-11(15)17)4-5-14(8-12)6-7-18-3/h9H,4-8H2,1-3H3,(H,13,17). The summed E-state index contributed by atoms with van der Waals surface area (Å²) in [4.78, 5) is 27.7. The third-order valence-corrected chi connectivity index (χ3v) is 3.67. The zero-order valence-corrected chi connectivity index (χ0v) is 11.2. The molecule has 102 valence electrons. The van der Waals surface area contributed by atoms with E-state index in [-0.39, 0.29) is 18.0 Å². The molecule has 2 aliphatic heterocycles. The van der Waals surface area contributed by atoms with E-state index in [0.29, 0.717) is 19.6 Å². The summed E-state index contributed by atoms with van der Waals surface area (Å²) in [5, 5.41) is 2.87. The van der Waals surface area contributed by atoms with Crippen LogP contribution >= 0.6 is 0 Å². The van der Waals surface area contributed by atoms with Crippen LogP contribution in [0.1, 0.15) is 20.3 Å². The van der Waals surface area contributed by atoms with Crippen LogP contribution in [0.2, 0.25) is 0 Å². The number of hydrogen-bond donors (Lipinski definition) is 1. The first-order chi connectivity index (χ1) is 8.50. The van der Waals surface area contributed by atoms with E-state index < -0.39 is 5.54 Å². The van der Waals surface area contributed by atoms with E-state index in [9.17, 15) is 9.59 Å². The molecule has 2 fully saturated rings. The molecule has 0 saturated carbocycles. The van der Waals surface area contributed by atoms with Gasteiger partial charge in [-0.1, -0.05) is 0 Å². The number of methoxy groups -OCH3 is 1. The zero-order valence-electron chi connectivity index (χ0n) is 11.2. The normalized spacial score (nSPS) is 28.8. The molecule has 18 heavy (non-hydrogen) atoms. The molecule has 1 atom stereocenters. The van der Waals surface area contributed by atoms with Crippen molar-refractivity contribution < 1.29 is 14.3 Å². The van der Waals surface area contributed by atoms with E-state index in [1.54, 1.807) is 7.11 Å². The SMILES string of the molecule is COCCN1CCC2(C1)NC(=O)N(C(C)C)C2=O. The number of amides is 3. The highest BCUT2D eigenvalue weighted by Gasteiger charge is 2.54. The fourth-order valence-electron chi connectivity index (χ4n) is 2.69. The number of ether oxygens (including phenoxy) is 1. The maximum Gasteiger partial charge on any atom is 0.325 e. The molecule has 1 N–H and O–H groups in total. The van der Waals surface area contributed by atoms with Crippen molar-refractivity contribution >= 4 is 11.9 Å². The third kappa shape index (κ3) is 2.10. The monoisotopic (exact) mass is 255 g/mol. The number of rotatable bonds is 4. The average molecular weight is 255 g/mol. The summed E-state index contributed by atoms with van der Waals surface area (Å²) >= 11 is 0. The Balaban J connectivity index is 2.06. The second-order valence-electron chi connectivity index (χ2n) is 5.30. The summed E-state index contributed by atoms with van der Waals surface area (Å²) in [5.74, 6) is -0.0811. The minimum absolute atomic E-state index is 0.0811. The first kappa shape index (κ1) is 13.3. The van der Waals surface area contributed by atoms with E-state index in [2.05, 4.69) is 10.2 Å². The van der Waals surface area contributed by atoms with Crippen molar-refractivity contribution in [2.45, 2.75) is 31.8 Å². The first-order valence-corrected chi connectivity index (χ1v) is 6.37. The lowest BCUT2D eigenvalue weighted by molar-refractivity contribution is -0.132. The van der Waals surface area contributed by atoms with E-state index in [1.165, 1.54) is 4.90 Å². The largest absolute Gasteiger partial charge is 0.383 e. The maximum absolute atomic E-state index is 12.4. The summed E-state index contributed by atoms with van der Waals surface area (Å²) in [6.45, 7) is 6.56. The Bertz CT molecular complexity index is 358. The second-order valence-corrected chi connectivity index (χ2v) is 5.30. The Labute approximate surface area is 107 Å². The summed E-state index contributed by atoms with van der Waals surface area (Å²) < 4.78 is 5.04. The number of hydrogen-bond acceptors (Lipinski definition) is 4. The number of imide groups is 1. The van der Waals surface area contributed by atoms with E-state index in [0.717, 1.165) is 13.1 Å². The van der Waals surface area contributed by atoms with Gasteiger partial charge in [0.15, 0.2) is 0 Å². The van der Waals surface area contributed by atoms with Gasteiger partial charge in [-0.2, -0.15) is 0 Å². The van der Waals surface area contributed by atoms with E-state index in [4.69, 9.17) is 4.74 Å². The molecular formula is C12H21N3O3. The molecule has 6 nitrogen and oxygen atoms in total. The molecule has 1 unspecified atom stereocenters. The van der Waals surface area contributed by atoms with Crippen LogP contribution in [-0.2, 0) is 9.53 Å². The number of carbonyl (C=O) groups excluding carboxylic acids is 2. The Morgan fingerprint density at radius 1 is 1.44 bits per heavy atom. The fourth-order valence-corrected chi connectivity index (χ4v) is 2.69. The fraction of sp³-hybridized carbons (Fsp3) is 0.833. The topological polar surface area (TPSA) is 61.9 Å². The van der Waals surface area contributed by atoms with Gasteiger partial charge in [-0.25, -0.2) is 4.79 Å². The molecular weight excluding hydrogens is 234 g/mol. The molecule has 0 bridgehead atoms. The molecule has 0 radical (unpaired) electrons. The summed E-state index contributed by atoms with van der Waals surface area (Å²) in [5.41, 5.74) is -0.699. The zero-order chi connectivity index (χ0) is 13.3. The van der Waals surface area contributed by atoms with Crippen molar-refractivity contribution in [1.29, 1.82) is 0 Å². The Morgan fingerprint density at radius 3 is 2.72 bits per heavy atom. The lowest BCUT2D eigenvalue weighted by atomic mass is 9.99. The van der Waals surface area contributed by atoms with Gasteiger partial charge in [0.25, 0.3) is 5.91 Å². The molecule has 0 aromatic carbocycles. The highest BCUT2D eigenvalue weighted by atomic mass is 16.5. The molecule has 2 aliphatic rings. The van der Waals surface area contributed by atoms with Crippen molar-refractivity contribution in [1.82, 2.24) is 15.1 Å². The Morgan fingerprint density at radius 2 is 2.17 bits per heavy atom. The van der Waals surface area contributed by atoms with Gasteiger partial charge in [0.2, 0.25) is 0 Å². The van der Waals surface area contributed by atoms with Crippen LogP contribution in [0.15, 0.2) is 0 Å². The van der Waals surface area contributed by atoms with Gasteiger partial charge in [0, 0.05) is 32.8 Å². The maximum atomic E-state index is 12.4. The predicted molar refractivity (Wildman–Crippen MR) is 66.2 cm³/mol. The minimum Gasteiger partial charge on any atom is -0.383 e. The minimum atomic E-state index is -0.699. The van der Waals surface area contributed by atoms with Gasteiger partial charge in [0.05, 0.1) is 6.61 Å². The van der Waals surface area contributed by atoms with Gasteiger partial charge < -0.3 is 10.1 Å². The van der Waals surface area contributed by atoms with E-state index >= 15 is 0 Å². The van der Waals surface area contributed by atoms with Crippen LogP contribution in [0.4, 0.5) is 4.79 Å². The van der Waals surface area contributed by atoms with Gasteiger partial charge in [-0.3, -0.25) is 14.6 Å². The van der Waals surface area contributed by atoms with Crippen LogP contribution in [0.25, 0.3) is 0 Å². The average Bonchev–Trinajstić information content (AvgIpc) is 2.80. The number of carbonyl (C=O) groups is 2. The molecule has 2 heterocycles. The highest BCUT2D eigenvalue weighted by molar-refractivity contribution is 6.07. The van der Waals surface area contributed by atoms with Crippen molar-refractivity contribution in [3.8, 4) is 0 Å². The molecule has 3 amide bonds.